The average Bonchev–Trinajstić information content (AvgIpc) is 2.33. The number of benzene rings is 1. The van der Waals surface area contributed by atoms with Gasteiger partial charge < -0.3 is 9.84 Å². The Morgan fingerprint density at radius 3 is 2.48 bits per heavy atom. The first-order valence-corrected chi connectivity index (χ1v) is 8.31. The summed E-state index contributed by atoms with van der Waals surface area (Å²) in [5.41, 5.74) is 0. The van der Waals surface area contributed by atoms with Crippen molar-refractivity contribution in [3.63, 3.8) is 0 Å². The Morgan fingerprint density at radius 2 is 1.90 bits per heavy atom. The highest BCUT2D eigenvalue weighted by molar-refractivity contribution is 8.13. The molecule has 0 atom stereocenters. The summed E-state index contributed by atoms with van der Waals surface area (Å²) in [5.74, 6) is -3.80. The lowest BCUT2D eigenvalue weighted by Gasteiger charge is -2.10. The van der Waals surface area contributed by atoms with E-state index in [2.05, 4.69) is 0 Å². The van der Waals surface area contributed by atoms with Crippen LogP contribution in [0.5, 0.6) is 5.75 Å². The zero-order chi connectivity index (χ0) is 16.0. The molecule has 1 rings (SSSR count). The highest BCUT2D eigenvalue weighted by Gasteiger charge is 2.22. The number of ether oxygens (including phenoxy) is 1. The van der Waals surface area contributed by atoms with Crippen molar-refractivity contribution >= 4 is 25.7 Å². The normalized spacial score (nSPS) is 11.4. The van der Waals surface area contributed by atoms with Gasteiger partial charge in [-0.2, -0.15) is 0 Å². The predicted molar refractivity (Wildman–Crippen MR) is 71.0 cm³/mol. The molecular weight excluding hydrogens is 330 g/mol. The first-order valence-electron chi connectivity index (χ1n) is 6.00. The molecule has 0 radical (unpaired) electrons. The van der Waals surface area contributed by atoms with Crippen molar-refractivity contribution in [2.24, 2.45) is 0 Å². The van der Waals surface area contributed by atoms with E-state index in [1.807, 2.05) is 0 Å². The third-order valence-electron chi connectivity index (χ3n) is 2.52. The molecule has 1 aromatic rings. The number of halogens is 3. The Hall–Kier alpha value is -1.41. The fourth-order valence-electron chi connectivity index (χ4n) is 1.59. The minimum Gasteiger partial charge on any atom is -0.489 e. The molecule has 5 nitrogen and oxygen atoms in total. The molecule has 21 heavy (non-hydrogen) atoms. The molecule has 0 aromatic heterocycles. The Morgan fingerprint density at radius 1 is 1.24 bits per heavy atom. The first kappa shape index (κ1) is 17.6. The number of rotatable bonds is 8. The number of aliphatic carboxylic acids is 1. The van der Waals surface area contributed by atoms with Crippen molar-refractivity contribution < 1.29 is 31.8 Å². The van der Waals surface area contributed by atoms with Crippen LogP contribution in [-0.4, -0.2) is 26.1 Å². The maximum Gasteiger partial charge on any atom is 0.303 e. The largest absolute Gasteiger partial charge is 0.489 e. The summed E-state index contributed by atoms with van der Waals surface area (Å²) < 4.78 is 54.1. The van der Waals surface area contributed by atoms with Crippen molar-refractivity contribution in [3.8, 4) is 5.75 Å². The van der Waals surface area contributed by atoms with E-state index < -0.39 is 37.3 Å². The minimum atomic E-state index is -4.35. The van der Waals surface area contributed by atoms with E-state index in [-0.39, 0.29) is 13.0 Å². The van der Waals surface area contributed by atoms with E-state index in [1.165, 1.54) is 0 Å². The van der Waals surface area contributed by atoms with Crippen LogP contribution in [0.2, 0.25) is 0 Å². The van der Waals surface area contributed by atoms with E-state index in [4.69, 9.17) is 20.5 Å². The molecule has 0 spiro atoms. The fraction of sp³-hybridized carbons (Fsp3) is 0.417. The molecule has 118 valence electrons. The number of hydrogen-bond acceptors (Lipinski definition) is 4. The molecule has 0 heterocycles. The number of carboxylic acids is 1. The molecule has 0 unspecified atom stereocenters. The number of hydrogen-bond donors (Lipinski definition) is 1. The van der Waals surface area contributed by atoms with Crippen molar-refractivity contribution in [1.29, 1.82) is 0 Å². The topological polar surface area (TPSA) is 80.7 Å². The van der Waals surface area contributed by atoms with Crippen LogP contribution in [0.25, 0.3) is 0 Å². The third kappa shape index (κ3) is 5.84. The molecule has 0 fully saturated rings. The fourth-order valence-corrected chi connectivity index (χ4v) is 2.56. The van der Waals surface area contributed by atoms with Gasteiger partial charge in [-0.1, -0.05) is 0 Å². The van der Waals surface area contributed by atoms with Gasteiger partial charge in [-0.25, -0.2) is 17.2 Å². The van der Waals surface area contributed by atoms with Gasteiger partial charge in [0.15, 0.2) is 11.6 Å². The summed E-state index contributed by atoms with van der Waals surface area (Å²) in [4.78, 5) is 9.52. The van der Waals surface area contributed by atoms with E-state index in [9.17, 15) is 22.0 Å². The van der Waals surface area contributed by atoms with Gasteiger partial charge in [-0.3, -0.25) is 4.79 Å². The summed E-state index contributed by atoms with van der Waals surface area (Å²) in [5, 5.41) is 8.44. The zero-order valence-electron chi connectivity index (χ0n) is 10.8. The molecule has 0 aliphatic heterocycles. The second-order valence-corrected chi connectivity index (χ2v) is 6.74. The van der Waals surface area contributed by atoms with E-state index >= 15 is 0 Å². The van der Waals surface area contributed by atoms with Crippen molar-refractivity contribution in [1.82, 2.24) is 0 Å². The Labute approximate surface area is 124 Å². The molecule has 1 aromatic carbocycles. The summed E-state index contributed by atoms with van der Waals surface area (Å²) in [6.45, 7) is -0.0401. The average molecular weight is 343 g/mol. The molecule has 0 saturated carbocycles. The molecule has 1 N–H and O–H groups in total. The number of carbonyl (C=O) groups is 1. The molecule has 0 aliphatic rings. The maximum atomic E-state index is 13.6. The van der Waals surface area contributed by atoms with Crippen molar-refractivity contribution in [3.05, 3.63) is 23.8 Å². The van der Waals surface area contributed by atoms with Crippen LogP contribution < -0.4 is 4.74 Å². The molecule has 0 bridgehead atoms. The van der Waals surface area contributed by atoms with Crippen LogP contribution in [-0.2, 0) is 13.8 Å². The number of unbranched alkanes of at least 4 members (excludes halogenated alkanes) is 2. The van der Waals surface area contributed by atoms with Gasteiger partial charge in [0.1, 0.15) is 10.7 Å². The van der Waals surface area contributed by atoms with Crippen LogP contribution in [0.15, 0.2) is 17.0 Å². The van der Waals surface area contributed by atoms with Crippen molar-refractivity contribution in [2.75, 3.05) is 6.61 Å². The van der Waals surface area contributed by atoms with Crippen LogP contribution >= 0.6 is 10.7 Å². The van der Waals surface area contributed by atoms with Crippen LogP contribution in [0, 0.1) is 11.6 Å². The van der Waals surface area contributed by atoms with Gasteiger partial charge in [0, 0.05) is 23.2 Å². The second-order valence-electron chi connectivity index (χ2n) is 4.21. The Balaban J connectivity index is 2.69. The first-order chi connectivity index (χ1) is 9.71. The summed E-state index contributed by atoms with van der Waals surface area (Å²) in [6.07, 6.45) is 1.33. The lowest BCUT2D eigenvalue weighted by Crippen LogP contribution is -2.05. The smallest absolute Gasteiger partial charge is 0.303 e. The highest BCUT2D eigenvalue weighted by Crippen LogP contribution is 2.31. The van der Waals surface area contributed by atoms with E-state index in [1.54, 1.807) is 0 Å². The van der Waals surface area contributed by atoms with E-state index in [0.717, 1.165) is 0 Å². The minimum absolute atomic E-state index is 0.00617. The predicted octanol–water partition coefficient (Wildman–Crippen LogP) is 2.92. The van der Waals surface area contributed by atoms with Crippen molar-refractivity contribution in [2.45, 2.75) is 30.6 Å². The molecule has 9 heteroatoms. The lowest BCUT2D eigenvalue weighted by molar-refractivity contribution is -0.137. The number of carboxylic acid groups (broad SMARTS) is 1. The Kier molecular flexibility index (Phi) is 6.35. The standard InChI is InChI=1S/C12H13ClF2O5S/c13-21(18,19)10-7-8(14)6-9(15)12(10)20-5-3-1-2-4-11(16)17/h6-7H,1-5H2,(H,16,17). The quantitative estimate of drug-likeness (QED) is 0.580. The third-order valence-corrected chi connectivity index (χ3v) is 3.85. The van der Waals surface area contributed by atoms with Crippen LogP contribution in [0.4, 0.5) is 8.78 Å². The van der Waals surface area contributed by atoms with E-state index in [0.29, 0.717) is 31.4 Å². The van der Waals surface area contributed by atoms with Gasteiger partial charge in [-0.15, -0.1) is 0 Å². The van der Waals surface area contributed by atoms with Gasteiger partial charge in [0.25, 0.3) is 9.05 Å². The van der Waals surface area contributed by atoms with Gasteiger partial charge in [0.2, 0.25) is 0 Å². The maximum absolute atomic E-state index is 13.6. The SMILES string of the molecule is O=C(O)CCCCCOc1c(F)cc(F)cc1S(=O)(=O)Cl. The zero-order valence-corrected chi connectivity index (χ0v) is 12.4. The molecule has 0 amide bonds. The monoisotopic (exact) mass is 342 g/mol. The van der Waals surface area contributed by atoms with Gasteiger partial charge in [-0.05, 0) is 25.3 Å². The lowest BCUT2D eigenvalue weighted by atomic mass is 10.2. The second kappa shape index (κ2) is 7.56. The molecular formula is C12H13ClF2O5S. The molecule has 0 saturated heterocycles. The summed E-state index contributed by atoms with van der Waals surface area (Å²) >= 11 is 0. The summed E-state index contributed by atoms with van der Waals surface area (Å²) in [7, 11) is 0.751. The summed E-state index contributed by atoms with van der Waals surface area (Å²) in [6, 6.07) is 1.07. The van der Waals surface area contributed by atoms with Gasteiger partial charge in [0.05, 0.1) is 6.61 Å². The van der Waals surface area contributed by atoms with Crippen LogP contribution in [0.3, 0.4) is 0 Å². The highest BCUT2D eigenvalue weighted by atomic mass is 35.7. The van der Waals surface area contributed by atoms with Gasteiger partial charge >= 0.3 is 5.97 Å². The molecule has 0 aliphatic carbocycles. The van der Waals surface area contributed by atoms with Crippen LogP contribution in [0.1, 0.15) is 25.7 Å². The Bertz CT molecular complexity index is 618.